The second kappa shape index (κ2) is 7.85. The third kappa shape index (κ3) is 3.59. The first-order chi connectivity index (χ1) is 13.5. The molecular formula is C21H13BrF2N2OS. The normalized spacial score (nSPS) is 11.1. The van der Waals surface area contributed by atoms with Crippen molar-refractivity contribution < 1.29 is 8.78 Å². The van der Waals surface area contributed by atoms with Gasteiger partial charge in [0.05, 0.1) is 16.6 Å². The minimum Gasteiger partial charge on any atom is -0.268 e. The van der Waals surface area contributed by atoms with E-state index in [2.05, 4.69) is 20.9 Å². The van der Waals surface area contributed by atoms with Crippen molar-refractivity contribution >= 4 is 38.6 Å². The van der Waals surface area contributed by atoms with E-state index in [0.717, 1.165) is 16.2 Å². The molecule has 1 heterocycles. The average molecular weight is 459 g/mol. The Labute approximate surface area is 172 Å². The van der Waals surface area contributed by atoms with E-state index in [-0.39, 0.29) is 16.9 Å². The molecule has 0 aliphatic heterocycles. The molecule has 3 nitrogen and oxygen atoms in total. The fourth-order valence-electron chi connectivity index (χ4n) is 2.83. The Balaban J connectivity index is 1.85. The number of benzene rings is 3. The lowest BCUT2D eigenvalue weighted by atomic mass is 10.2. The lowest BCUT2D eigenvalue weighted by molar-refractivity contribution is 0.566. The van der Waals surface area contributed by atoms with Crippen molar-refractivity contribution in [2.24, 2.45) is 0 Å². The molecule has 140 valence electrons. The Morgan fingerprint density at radius 2 is 1.61 bits per heavy atom. The number of fused-ring (bicyclic) bond motifs is 1. The van der Waals surface area contributed by atoms with Gasteiger partial charge in [-0.05, 0) is 48.5 Å². The predicted molar refractivity (Wildman–Crippen MR) is 111 cm³/mol. The summed E-state index contributed by atoms with van der Waals surface area (Å²) in [6.07, 6.45) is 0. The van der Waals surface area contributed by atoms with Gasteiger partial charge in [-0.1, -0.05) is 45.9 Å². The summed E-state index contributed by atoms with van der Waals surface area (Å²) in [6.45, 7) is 0. The molecule has 0 fully saturated rings. The smallest absolute Gasteiger partial charge is 0.266 e. The summed E-state index contributed by atoms with van der Waals surface area (Å²) in [5, 5.41) is 0.848. The van der Waals surface area contributed by atoms with E-state index >= 15 is 0 Å². The maximum absolute atomic E-state index is 14.0. The van der Waals surface area contributed by atoms with Gasteiger partial charge in [0.15, 0.2) is 5.16 Å². The summed E-state index contributed by atoms with van der Waals surface area (Å²) in [7, 11) is 0. The number of aromatic nitrogens is 2. The zero-order valence-corrected chi connectivity index (χ0v) is 16.8. The molecule has 0 unspecified atom stereocenters. The quantitative estimate of drug-likeness (QED) is 0.289. The van der Waals surface area contributed by atoms with Gasteiger partial charge in [-0.15, -0.1) is 0 Å². The van der Waals surface area contributed by atoms with Crippen molar-refractivity contribution in [3.63, 3.8) is 0 Å². The second-order valence-corrected chi connectivity index (χ2v) is 7.88. The Hall–Kier alpha value is -2.51. The average Bonchev–Trinajstić information content (AvgIpc) is 2.69. The van der Waals surface area contributed by atoms with Gasteiger partial charge in [0.2, 0.25) is 0 Å². The van der Waals surface area contributed by atoms with E-state index in [9.17, 15) is 13.6 Å². The zero-order valence-electron chi connectivity index (χ0n) is 14.4. The van der Waals surface area contributed by atoms with Gasteiger partial charge in [-0.2, -0.15) is 0 Å². The van der Waals surface area contributed by atoms with Crippen LogP contribution in [0.2, 0.25) is 0 Å². The first-order valence-corrected chi connectivity index (χ1v) is 10.2. The minimum atomic E-state index is -0.620. The first kappa shape index (κ1) is 18.8. The number of rotatable bonds is 4. The third-order valence-electron chi connectivity index (χ3n) is 4.24. The summed E-state index contributed by atoms with van der Waals surface area (Å²) in [6, 6.07) is 18.0. The van der Waals surface area contributed by atoms with Crippen LogP contribution >= 0.6 is 27.7 Å². The molecule has 3 aromatic carbocycles. The number of thioether (sulfide) groups is 1. The maximum Gasteiger partial charge on any atom is 0.266 e. The van der Waals surface area contributed by atoms with Crippen molar-refractivity contribution in [3.05, 3.63) is 98.8 Å². The van der Waals surface area contributed by atoms with Crippen LogP contribution in [0.1, 0.15) is 5.56 Å². The van der Waals surface area contributed by atoms with Crippen LogP contribution in [0.3, 0.4) is 0 Å². The lowest BCUT2D eigenvalue weighted by Crippen LogP contribution is -2.21. The number of halogens is 3. The van der Waals surface area contributed by atoms with Crippen molar-refractivity contribution in [1.29, 1.82) is 0 Å². The fraction of sp³-hybridized carbons (Fsp3) is 0.0476. The maximum atomic E-state index is 14.0. The van der Waals surface area contributed by atoms with Crippen LogP contribution in [0.4, 0.5) is 8.78 Å². The Bertz CT molecular complexity index is 1210. The van der Waals surface area contributed by atoms with Gasteiger partial charge < -0.3 is 0 Å². The summed E-state index contributed by atoms with van der Waals surface area (Å²) in [5.74, 6) is -1.23. The van der Waals surface area contributed by atoms with Crippen molar-refractivity contribution in [2.75, 3.05) is 0 Å². The lowest BCUT2D eigenvalue weighted by Gasteiger charge is -2.13. The molecule has 0 aliphatic rings. The second-order valence-electron chi connectivity index (χ2n) is 6.02. The standard InChI is InChI=1S/C21H13BrF2N2OS/c22-13-8-10-14(11-9-13)26-20(27)15-4-1-2-7-19(15)25-21(26)28-12-16-17(23)5-3-6-18(16)24/h1-11H,12H2. The zero-order chi connectivity index (χ0) is 19.7. The van der Waals surface area contributed by atoms with Gasteiger partial charge in [-0.25, -0.2) is 13.8 Å². The molecule has 0 atom stereocenters. The monoisotopic (exact) mass is 458 g/mol. The summed E-state index contributed by atoms with van der Waals surface area (Å²) >= 11 is 4.50. The molecule has 4 aromatic rings. The van der Waals surface area contributed by atoms with Crippen molar-refractivity contribution in [3.8, 4) is 5.69 Å². The van der Waals surface area contributed by atoms with Gasteiger partial charge in [0.25, 0.3) is 5.56 Å². The number of nitrogens with zero attached hydrogens (tertiary/aromatic N) is 2. The van der Waals surface area contributed by atoms with Gasteiger partial charge in [0.1, 0.15) is 11.6 Å². The van der Waals surface area contributed by atoms with Crippen LogP contribution in [-0.2, 0) is 5.75 Å². The molecule has 0 aliphatic carbocycles. The van der Waals surface area contributed by atoms with Crippen molar-refractivity contribution in [2.45, 2.75) is 10.9 Å². The Morgan fingerprint density at radius 1 is 0.929 bits per heavy atom. The molecule has 28 heavy (non-hydrogen) atoms. The topological polar surface area (TPSA) is 34.9 Å². The molecule has 0 bridgehead atoms. The SMILES string of the molecule is O=c1c2ccccc2nc(SCc2c(F)cccc2F)n1-c1ccc(Br)cc1. The van der Waals surface area contributed by atoms with E-state index in [1.54, 1.807) is 36.4 Å². The Kier molecular flexibility index (Phi) is 5.28. The number of hydrogen-bond donors (Lipinski definition) is 0. The number of para-hydroxylation sites is 1. The van der Waals surface area contributed by atoms with E-state index < -0.39 is 11.6 Å². The molecule has 0 spiro atoms. The molecule has 0 saturated heterocycles. The molecule has 0 amide bonds. The van der Waals surface area contributed by atoms with E-state index in [4.69, 9.17) is 0 Å². The first-order valence-electron chi connectivity index (χ1n) is 8.38. The van der Waals surface area contributed by atoms with Crippen LogP contribution in [0, 0.1) is 11.6 Å². The highest BCUT2D eigenvalue weighted by atomic mass is 79.9. The van der Waals surface area contributed by atoms with Crippen LogP contribution < -0.4 is 5.56 Å². The largest absolute Gasteiger partial charge is 0.268 e. The van der Waals surface area contributed by atoms with Crippen LogP contribution in [-0.4, -0.2) is 9.55 Å². The van der Waals surface area contributed by atoms with Gasteiger partial charge >= 0.3 is 0 Å². The van der Waals surface area contributed by atoms with Gasteiger partial charge in [-0.3, -0.25) is 9.36 Å². The Morgan fingerprint density at radius 3 is 2.32 bits per heavy atom. The predicted octanol–water partition coefficient (Wildman–Crippen LogP) is 5.72. The molecule has 4 rings (SSSR count). The highest BCUT2D eigenvalue weighted by molar-refractivity contribution is 9.10. The van der Waals surface area contributed by atoms with Crippen LogP contribution in [0.15, 0.2) is 81.2 Å². The minimum absolute atomic E-state index is 0.0137. The van der Waals surface area contributed by atoms with Crippen LogP contribution in [0.5, 0.6) is 0 Å². The van der Waals surface area contributed by atoms with E-state index in [1.165, 1.54) is 22.8 Å². The van der Waals surface area contributed by atoms with E-state index in [0.29, 0.717) is 21.7 Å². The fourth-order valence-corrected chi connectivity index (χ4v) is 4.13. The summed E-state index contributed by atoms with van der Waals surface area (Å²) in [5.41, 5.74) is 0.891. The highest BCUT2D eigenvalue weighted by Crippen LogP contribution is 2.27. The molecule has 0 radical (unpaired) electrons. The summed E-state index contributed by atoms with van der Waals surface area (Å²) < 4.78 is 30.4. The molecule has 7 heteroatoms. The molecule has 1 aromatic heterocycles. The van der Waals surface area contributed by atoms with Crippen LogP contribution in [0.25, 0.3) is 16.6 Å². The third-order valence-corrected chi connectivity index (χ3v) is 5.73. The number of hydrogen-bond acceptors (Lipinski definition) is 3. The van der Waals surface area contributed by atoms with E-state index in [1.807, 2.05) is 12.1 Å². The molecule has 0 saturated carbocycles. The molecule has 0 N–H and O–H groups in total. The van der Waals surface area contributed by atoms with Gasteiger partial charge in [0, 0.05) is 15.8 Å². The highest BCUT2D eigenvalue weighted by Gasteiger charge is 2.15. The summed E-state index contributed by atoms with van der Waals surface area (Å²) in [4.78, 5) is 17.7. The molecular weight excluding hydrogens is 446 g/mol. The van der Waals surface area contributed by atoms with Crippen molar-refractivity contribution in [1.82, 2.24) is 9.55 Å².